The van der Waals surface area contributed by atoms with Crippen molar-refractivity contribution in [1.29, 1.82) is 5.41 Å². The van der Waals surface area contributed by atoms with Gasteiger partial charge in [0.25, 0.3) is 0 Å². The largest absolute Gasteiger partial charge is 0.487 e. The fraction of sp³-hybridized carbons (Fsp3) is 0.267. The van der Waals surface area contributed by atoms with Crippen molar-refractivity contribution in [2.24, 2.45) is 5.73 Å². The molecule has 1 saturated heterocycles. The number of nitrogens with two attached hydrogens (primary N) is 1. The number of hydrogen-bond acceptors (Lipinski definition) is 3. The van der Waals surface area contributed by atoms with E-state index in [1.165, 1.54) is 0 Å². The third kappa shape index (κ3) is 2.27. The van der Waals surface area contributed by atoms with Crippen LogP contribution in [0.1, 0.15) is 12.0 Å². The Kier molecular flexibility index (Phi) is 3.09. The number of fused-ring (bicyclic) bond motifs is 1. The van der Waals surface area contributed by atoms with Crippen molar-refractivity contribution in [3.05, 3.63) is 42.0 Å². The maximum atomic E-state index is 7.63. The van der Waals surface area contributed by atoms with E-state index in [4.69, 9.17) is 20.6 Å². The topological polar surface area (TPSA) is 68.3 Å². The maximum Gasteiger partial charge on any atom is 0.127 e. The maximum absolute atomic E-state index is 7.63. The predicted molar refractivity (Wildman–Crippen MR) is 74.8 cm³/mol. The van der Waals surface area contributed by atoms with Crippen LogP contribution in [-0.2, 0) is 4.74 Å². The second-order valence-electron chi connectivity index (χ2n) is 4.67. The lowest BCUT2D eigenvalue weighted by Crippen LogP contribution is -2.16. The zero-order valence-electron chi connectivity index (χ0n) is 10.6. The molecule has 1 unspecified atom stereocenters. The lowest BCUT2D eigenvalue weighted by Gasteiger charge is -2.15. The molecule has 0 bridgehead atoms. The summed E-state index contributed by atoms with van der Waals surface area (Å²) >= 11 is 0. The van der Waals surface area contributed by atoms with Gasteiger partial charge >= 0.3 is 0 Å². The summed E-state index contributed by atoms with van der Waals surface area (Å²) in [5, 5.41) is 9.57. The lowest BCUT2D eigenvalue weighted by molar-refractivity contribution is 0.142. The number of ether oxygens (including phenoxy) is 2. The van der Waals surface area contributed by atoms with E-state index in [0.29, 0.717) is 6.61 Å². The van der Waals surface area contributed by atoms with Gasteiger partial charge in [-0.05, 0) is 17.5 Å². The van der Waals surface area contributed by atoms with Crippen molar-refractivity contribution in [2.45, 2.75) is 12.5 Å². The fourth-order valence-electron chi connectivity index (χ4n) is 2.39. The van der Waals surface area contributed by atoms with Gasteiger partial charge < -0.3 is 15.2 Å². The Bertz CT molecular complexity index is 619. The Labute approximate surface area is 111 Å². The fourth-order valence-corrected chi connectivity index (χ4v) is 2.39. The molecule has 98 valence electrons. The lowest BCUT2D eigenvalue weighted by atomic mass is 10.0. The zero-order valence-corrected chi connectivity index (χ0v) is 10.6. The monoisotopic (exact) mass is 256 g/mol. The van der Waals surface area contributed by atoms with Crippen molar-refractivity contribution in [3.63, 3.8) is 0 Å². The van der Waals surface area contributed by atoms with Crippen LogP contribution in [0.5, 0.6) is 5.75 Å². The summed E-state index contributed by atoms with van der Waals surface area (Å²) in [6.07, 6.45) is 1.04. The van der Waals surface area contributed by atoms with E-state index >= 15 is 0 Å². The summed E-state index contributed by atoms with van der Waals surface area (Å²) in [6, 6.07) is 11.6. The van der Waals surface area contributed by atoms with E-state index < -0.39 is 0 Å². The molecule has 4 nitrogen and oxygen atoms in total. The van der Waals surface area contributed by atoms with E-state index in [0.717, 1.165) is 35.1 Å². The Morgan fingerprint density at radius 1 is 1.21 bits per heavy atom. The van der Waals surface area contributed by atoms with Crippen LogP contribution in [0, 0.1) is 5.41 Å². The Morgan fingerprint density at radius 3 is 2.68 bits per heavy atom. The van der Waals surface area contributed by atoms with Crippen LogP contribution in [0.2, 0.25) is 0 Å². The summed E-state index contributed by atoms with van der Waals surface area (Å²) in [4.78, 5) is 0. The van der Waals surface area contributed by atoms with Crippen LogP contribution >= 0.6 is 0 Å². The summed E-state index contributed by atoms with van der Waals surface area (Å²) in [5.74, 6) is 0.906. The first-order chi connectivity index (χ1) is 9.25. The van der Waals surface area contributed by atoms with E-state index in [2.05, 4.69) is 0 Å². The van der Waals surface area contributed by atoms with Crippen molar-refractivity contribution in [3.8, 4) is 5.75 Å². The van der Waals surface area contributed by atoms with Crippen LogP contribution in [0.25, 0.3) is 10.8 Å². The Balaban J connectivity index is 2.05. The van der Waals surface area contributed by atoms with E-state index in [1.807, 2.05) is 36.4 Å². The SMILES string of the molecule is N=C(N)c1ccc(OC2CCOC2)c2ccccc12. The van der Waals surface area contributed by atoms with E-state index in [1.54, 1.807) is 0 Å². The average molecular weight is 256 g/mol. The second-order valence-corrected chi connectivity index (χ2v) is 4.67. The van der Waals surface area contributed by atoms with Gasteiger partial charge in [-0.3, -0.25) is 5.41 Å². The molecule has 1 atom stereocenters. The van der Waals surface area contributed by atoms with Gasteiger partial charge in [0.05, 0.1) is 13.2 Å². The van der Waals surface area contributed by atoms with Crippen molar-refractivity contribution in [1.82, 2.24) is 0 Å². The summed E-state index contributed by atoms with van der Waals surface area (Å²) in [6.45, 7) is 1.40. The molecule has 2 aromatic carbocycles. The van der Waals surface area contributed by atoms with Crippen molar-refractivity contribution >= 4 is 16.6 Å². The normalized spacial score (nSPS) is 18.6. The molecular weight excluding hydrogens is 240 g/mol. The minimum atomic E-state index is 0.0759. The van der Waals surface area contributed by atoms with E-state index in [-0.39, 0.29) is 11.9 Å². The van der Waals surface area contributed by atoms with Gasteiger partial charge in [-0.15, -0.1) is 0 Å². The molecule has 1 aliphatic rings. The van der Waals surface area contributed by atoms with Crippen molar-refractivity contribution in [2.75, 3.05) is 13.2 Å². The number of hydrogen-bond donors (Lipinski definition) is 2. The van der Waals surface area contributed by atoms with Gasteiger partial charge in [-0.1, -0.05) is 24.3 Å². The summed E-state index contributed by atoms with van der Waals surface area (Å²) < 4.78 is 11.3. The van der Waals surface area contributed by atoms with Gasteiger partial charge in [-0.2, -0.15) is 0 Å². The molecule has 4 heteroatoms. The predicted octanol–water partition coefficient (Wildman–Crippen LogP) is 2.29. The number of nitrogen functional groups attached to an aromatic ring is 1. The minimum absolute atomic E-state index is 0.0759. The minimum Gasteiger partial charge on any atom is -0.487 e. The Hall–Kier alpha value is -2.07. The highest BCUT2D eigenvalue weighted by atomic mass is 16.5. The van der Waals surface area contributed by atoms with E-state index in [9.17, 15) is 0 Å². The summed E-state index contributed by atoms with van der Waals surface area (Å²) in [5.41, 5.74) is 6.36. The van der Waals surface area contributed by atoms with Crippen LogP contribution in [0.3, 0.4) is 0 Å². The highest BCUT2D eigenvalue weighted by Crippen LogP contribution is 2.30. The molecule has 0 amide bonds. The third-order valence-electron chi connectivity index (χ3n) is 3.36. The molecule has 3 N–H and O–H groups in total. The first-order valence-corrected chi connectivity index (χ1v) is 6.36. The van der Waals surface area contributed by atoms with Gasteiger partial charge in [0.15, 0.2) is 0 Å². The molecular formula is C15H16N2O2. The molecule has 0 aromatic heterocycles. The van der Waals surface area contributed by atoms with Crippen LogP contribution in [-0.4, -0.2) is 25.2 Å². The molecule has 19 heavy (non-hydrogen) atoms. The van der Waals surface area contributed by atoms with Gasteiger partial charge in [-0.25, -0.2) is 0 Å². The molecule has 1 fully saturated rings. The van der Waals surface area contributed by atoms with Crippen LogP contribution in [0.15, 0.2) is 36.4 Å². The van der Waals surface area contributed by atoms with Crippen LogP contribution in [0.4, 0.5) is 0 Å². The highest BCUT2D eigenvalue weighted by Gasteiger charge is 2.18. The molecule has 3 rings (SSSR count). The Morgan fingerprint density at radius 2 is 2.00 bits per heavy atom. The first kappa shape index (κ1) is 12.0. The van der Waals surface area contributed by atoms with Crippen molar-refractivity contribution < 1.29 is 9.47 Å². The van der Waals surface area contributed by atoms with Crippen LogP contribution < -0.4 is 10.5 Å². The number of nitrogens with one attached hydrogen (secondary N) is 1. The second kappa shape index (κ2) is 4.90. The number of amidine groups is 1. The molecule has 0 spiro atoms. The molecule has 0 aliphatic carbocycles. The number of benzene rings is 2. The zero-order chi connectivity index (χ0) is 13.2. The van der Waals surface area contributed by atoms with Gasteiger partial charge in [0, 0.05) is 17.4 Å². The first-order valence-electron chi connectivity index (χ1n) is 6.36. The molecule has 1 heterocycles. The number of rotatable bonds is 3. The quantitative estimate of drug-likeness (QED) is 0.654. The molecule has 2 aromatic rings. The molecule has 1 aliphatic heterocycles. The van der Waals surface area contributed by atoms with Gasteiger partial charge in [0.2, 0.25) is 0 Å². The average Bonchev–Trinajstić information content (AvgIpc) is 2.91. The van der Waals surface area contributed by atoms with Gasteiger partial charge in [0.1, 0.15) is 17.7 Å². The standard InChI is InChI=1S/C15H16N2O2/c16-15(17)13-5-6-14(19-10-7-8-18-9-10)12-4-2-1-3-11(12)13/h1-6,10H,7-9H2,(H3,16,17). The highest BCUT2D eigenvalue weighted by molar-refractivity contribution is 6.09. The third-order valence-corrected chi connectivity index (χ3v) is 3.36. The summed E-state index contributed by atoms with van der Waals surface area (Å²) in [7, 11) is 0. The smallest absolute Gasteiger partial charge is 0.127 e. The molecule has 0 saturated carbocycles. The molecule has 0 radical (unpaired) electrons.